The van der Waals surface area contributed by atoms with Crippen molar-refractivity contribution in [2.75, 3.05) is 0 Å². The lowest BCUT2D eigenvalue weighted by molar-refractivity contribution is 0.0692. The van der Waals surface area contributed by atoms with Gasteiger partial charge in [-0.1, -0.05) is 38.9 Å². The van der Waals surface area contributed by atoms with Crippen LogP contribution < -0.4 is 5.19 Å². The first-order valence-electron chi connectivity index (χ1n) is 6.25. The molecule has 1 N–H and O–H groups in total. The topological polar surface area (TPSA) is 37.3 Å². The van der Waals surface area contributed by atoms with Crippen LogP contribution in [0, 0.1) is 11.6 Å². The molecule has 0 unspecified atom stereocenters. The van der Waals surface area contributed by atoms with Gasteiger partial charge in [-0.2, -0.15) is 0 Å². The highest BCUT2D eigenvalue weighted by Crippen LogP contribution is 2.27. The maximum absolute atomic E-state index is 14.4. The van der Waals surface area contributed by atoms with Crippen LogP contribution in [0.3, 0.4) is 0 Å². The zero-order chi connectivity index (χ0) is 14.8. The summed E-state index contributed by atoms with van der Waals surface area (Å²) in [7, 11) is -2.33. The first kappa shape index (κ1) is 16.3. The van der Waals surface area contributed by atoms with Gasteiger partial charge in [0.1, 0.15) is 11.6 Å². The fourth-order valence-electron chi connectivity index (χ4n) is 2.51. The maximum Gasteiger partial charge on any atom is 0.338 e. The van der Waals surface area contributed by atoms with Gasteiger partial charge in [-0.05, 0) is 22.0 Å². The second-order valence-electron chi connectivity index (χ2n) is 4.56. The predicted octanol–water partition coefficient (Wildman–Crippen LogP) is 4.14. The predicted molar refractivity (Wildman–Crippen MR) is 77.8 cm³/mol. The summed E-state index contributed by atoms with van der Waals surface area (Å²) >= 11 is 3.00. The number of carboxylic acids is 1. The average molecular weight is 351 g/mol. The highest BCUT2D eigenvalue weighted by atomic mass is 79.9. The van der Waals surface area contributed by atoms with E-state index in [2.05, 4.69) is 15.9 Å². The molecule has 0 fully saturated rings. The Labute approximate surface area is 121 Å². The van der Waals surface area contributed by atoms with E-state index in [1.807, 2.05) is 20.8 Å². The number of aromatic carboxylic acids is 1. The Bertz CT molecular complexity index is 494. The quantitative estimate of drug-likeness (QED) is 0.639. The molecular weight excluding hydrogens is 334 g/mol. The molecule has 0 spiro atoms. The summed E-state index contributed by atoms with van der Waals surface area (Å²) < 4.78 is 28.8. The van der Waals surface area contributed by atoms with E-state index in [4.69, 9.17) is 5.11 Å². The van der Waals surface area contributed by atoms with Gasteiger partial charge in [-0.15, -0.1) is 0 Å². The van der Waals surface area contributed by atoms with Crippen LogP contribution in [0.1, 0.15) is 31.1 Å². The minimum Gasteiger partial charge on any atom is -0.478 e. The van der Waals surface area contributed by atoms with E-state index in [0.717, 1.165) is 6.07 Å². The van der Waals surface area contributed by atoms with Gasteiger partial charge < -0.3 is 5.11 Å². The Morgan fingerprint density at radius 3 is 2.05 bits per heavy atom. The van der Waals surface area contributed by atoms with E-state index in [1.54, 1.807) is 0 Å². The normalized spacial score (nSPS) is 11.7. The Kier molecular flexibility index (Phi) is 5.26. The SMILES string of the molecule is CC[Si](CC)(CC)c1c(F)c(Br)cc(C(=O)O)c1F. The molecule has 0 atom stereocenters. The summed E-state index contributed by atoms with van der Waals surface area (Å²) in [5.74, 6) is -2.91. The summed E-state index contributed by atoms with van der Waals surface area (Å²) in [6, 6.07) is 3.05. The van der Waals surface area contributed by atoms with Crippen LogP contribution in [0.5, 0.6) is 0 Å². The van der Waals surface area contributed by atoms with Crippen molar-refractivity contribution in [2.45, 2.75) is 38.9 Å². The number of carbonyl (C=O) groups is 1. The van der Waals surface area contributed by atoms with Crippen molar-refractivity contribution in [3.63, 3.8) is 0 Å². The summed E-state index contributed by atoms with van der Waals surface area (Å²) in [6.07, 6.45) is 0. The van der Waals surface area contributed by atoms with Crippen molar-refractivity contribution < 1.29 is 18.7 Å². The summed E-state index contributed by atoms with van der Waals surface area (Å²) in [5.41, 5.74) is -0.462. The van der Waals surface area contributed by atoms with Crippen molar-refractivity contribution in [3.8, 4) is 0 Å². The molecule has 0 aromatic heterocycles. The smallest absolute Gasteiger partial charge is 0.338 e. The lowest BCUT2D eigenvalue weighted by atomic mass is 10.2. The average Bonchev–Trinajstić information content (AvgIpc) is 2.39. The molecule has 0 amide bonds. The van der Waals surface area contributed by atoms with Crippen LogP contribution in [-0.4, -0.2) is 19.1 Å². The third-order valence-electron chi connectivity index (χ3n) is 3.95. The second kappa shape index (κ2) is 6.13. The Morgan fingerprint density at radius 2 is 1.68 bits per heavy atom. The number of benzene rings is 1. The molecule has 106 valence electrons. The van der Waals surface area contributed by atoms with E-state index < -0.39 is 31.2 Å². The van der Waals surface area contributed by atoms with Crippen molar-refractivity contribution in [2.24, 2.45) is 0 Å². The van der Waals surface area contributed by atoms with E-state index in [0.29, 0.717) is 18.1 Å². The first-order chi connectivity index (χ1) is 8.84. The zero-order valence-electron chi connectivity index (χ0n) is 11.2. The van der Waals surface area contributed by atoms with Gasteiger partial charge >= 0.3 is 5.97 Å². The lowest BCUT2D eigenvalue weighted by Crippen LogP contribution is -2.50. The van der Waals surface area contributed by atoms with Crippen LogP contribution in [0.15, 0.2) is 10.5 Å². The molecule has 0 aliphatic carbocycles. The molecule has 0 heterocycles. The van der Waals surface area contributed by atoms with Crippen LogP contribution in [-0.2, 0) is 0 Å². The highest BCUT2D eigenvalue weighted by molar-refractivity contribution is 9.10. The van der Waals surface area contributed by atoms with Gasteiger partial charge in [-0.3, -0.25) is 0 Å². The van der Waals surface area contributed by atoms with Gasteiger partial charge in [-0.25, -0.2) is 13.6 Å². The van der Waals surface area contributed by atoms with Crippen molar-refractivity contribution in [3.05, 3.63) is 27.7 Å². The van der Waals surface area contributed by atoms with E-state index in [1.165, 1.54) is 0 Å². The highest BCUT2D eigenvalue weighted by Gasteiger charge is 2.37. The Balaban J connectivity index is 3.71. The zero-order valence-corrected chi connectivity index (χ0v) is 13.8. The molecule has 0 bridgehead atoms. The standard InChI is InChI=1S/C13H17BrF2O2Si/c1-4-19(5-2,6-3)12-10(15)8(13(17)18)7-9(14)11(12)16/h7H,4-6H2,1-3H3,(H,17,18). The van der Waals surface area contributed by atoms with Gasteiger partial charge in [0.25, 0.3) is 0 Å². The van der Waals surface area contributed by atoms with Crippen molar-refractivity contribution >= 4 is 35.2 Å². The van der Waals surface area contributed by atoms with Crippen LogP contribution in [0.2, 0.25) is 18.1 Å². The number of carboxylic acid groups (broad SMARTS) is 1. The van der Waals surface area contributed by atoms with Gasteiger partial charge in [0.15, 0.2) is 0 Å². The number of hydrogen-bond acceptors (Lipinski definition) is 1. The minimum absolute atomic E-state index is 0.0202. The third-order valence-corrected chi connectivity index (χ3v) is 10.1. The molecule has 0 radical (unpaired) electrons. The van der Waals surface area contributed by atoms with E-state index >= 15 is 0 Å². The van der Waals surface area contributed by atoms with Crippen LogP contribution in [0.25, 0.3) is 0 Å². The second-order valence-corrected chi connectivity index (χ2v) is 10.6. The molecule has 1 rings (SSSR count). The molecule has 19 heavy (non-hydrogen) atoms. The third kappa shape index (κ3) is 2.74. The summed E-state index contributed by atoms with van der Waals surface area (Å²) in [4.78, 5) is 11.1. The van der Waals surface area contributed by atoms with Gasteiger partial charge in [0, 0.05) is 5.19 Å². The summed E-state index contributed by atoms with van der Waals surface area (Å²) in [5, 5.41) is 9.04. The van der Waals surface area contributed by atoms with Gasteiger partial charge in [0.2, 0.25) is 0 Å². The molecular formula is C13H17BrF2O2Si. The van der Waals surface area contributed by atoms with Gasteiger partial charge in [0.05, 0.1) is 18.1 Å². The largest absolute Gasteiger partial charge is 0.478 e. The lowest BCUT2D eigenvalue weighted by Gasteiger charge is -2.30. The van der Waals surface area contributed by atoms with E-state index in [9.17, 15) is 13.6 Å². The molecule has 0 saturated heterocycles. The maximum atomic E-state index is 14.4. The number of halogens is 3. The minimum atomic E-state index is -2.33. The number of hydrogen-bond donors (Lipinski definition) is 1. The number of rotatable bonds is 5. The van der Waals surface area contributed by atoms with Crippen molar-refractivity contribution in [1.29, 1.82) is 0 Å². The fourth-order valence-corrected chi connectivity index (χ4v) is 6.88. The molecule has 6 heteroatoms. The molecule has 1 aromatic carbocycles. The first-order valence-corrected chi connectivity index (χ1v) is 9.67. The fraction of sp³-hybridized carbons (Fsp3) is 0.462. The molecule has 0 aliphatic rings. The molecule has 0 saturated carbocycles. The van der Waals surface area contributed by atoms with Crippen LogP contribution >= 0.6 is 15.9 Å². The molecule has 0 aliphatic heterocycles. The monoisotopic (exact) mass is 350 g/mol. The Hall–Kier alpha value is -0.753. The molecule has 2 nitrogen and oxygen atoms in total. The Morgan fingerprint density at radius 1 is 1.21 bits per heavy atom. The van der Waals surface area contributed by atoms with Crippen molar-refractivity contribution in [1.82, 2.24) is 0 Å². The summed E-state index contributed by atoms with van der Waals surface area (Å²) in [6.45, 7) is 5.75. The molecule has 1 aromatic rings. The van der Waals surface area contributed by atoms with Crippen LogP contribution in [0.4, 0.5) is 8.78 Å². The van der Waals surface area contributed by atoms with E-state index in [-0.39, 0.29) is 9.66 Å².